The molecule has 0 fully saturated rings. The molecule has 6 aromatic carbocycles. The minimum atomic E-state index is -10.7. The Morgan fingerprint density at radius 1 is 0.438 bits per heavy atom. The van der Waals surface area contributed by atoms with Crippen molar-refractivity contribution >= 4 is 111 Å². The van der Waals surface area contributed by atoms with E-state index in [2.05, 4.69) is 212 Å². The van der Waals surface area contributed by atoms with Crippen LogP contribution in [-0.2, 0) is 17.1 Å². The summed E-state index contributed by atoms with van der Waals surface area (Å²) in [6.45, 7) is 0. The number of aromatic nitrogens is 2. The van der Waals surface area contributed by atoms with E-state index in [-0.39, 0.29) is 22.4 Å². The molecule has 0 N–H and O–H groups in total. The molecule has 0 unspecified atom stereocenters. The second-order valence-corrected chi connectivity index (χ2v) is 22.5. The predicted molar refractivity (Wildman–Crippen MR) is 266 cm³/mol. The topological polar surface area (TPSA) is 35.0 Å². The summed E-state index contributed by atoms with van der Waals surface area (Å²) in [6, 6.07) is 68.2. The minimum absolute atomic E-state index is 0. The van der Waals surface area contributed by atoms with Crippen molar-refractivity contribution in [3.8, 4) is 22.9 Å². The molecule has 0 radical (unpaired) electrons. The summed E-state index contributed by atoms with van der Waals surface area (Å²) in [5.41, 5.74) is 1.72. The number of hydrogen-bond donors (Lipinski definition) is 0. The van der Waals surface area contributed by atoms with Gasteiger partial charge in [0.15, 0.2) is 11.5 Å². The smallest absolute Gasteiger partial charge is 0.449 e. The Balaban J connectivity index is 0.000000295. The maximum Gasteiger partial charge on any atom is 1.00 e. The Morgan fingerprint density at radius 3 is 0.953 bits per heavy atom. The van der Waals surface area contributed by atoms with Crippen molar-refractivity contribution in [1.29, 1.82) is 0 Å². The number of pyridine rings is 2. The number of alkyl halides is 2. The number of ether oxygens (including phenoxy) is 1. The van der Waals surface area contributed by atoms with Crippen LogP contribution in [0.1, 0.15) is 0 Å². The largest absolute Gasteiger partial charge is 1.00 e. The number of para-hydroxylation sites is 2. The van der Waals surface area contributed by atoms with Crippen LogP contribution in [0.25, 0.3) is 11.4 Å². The molecular weight excluding hydrogens is 1110 g/mol. The average molecular weight is 1150 g/mol. The van der Waals surface area contributed by atoms with Crippen LogP contribution in [0.2, 0.25) is 0 Å². The van der Waals surface area contributed by atoms with Gasteiger partial charge in [-0.2, -0.15) is 0 Å². The molecule has 0 aliphatic heterocycles. The van der Waals surface area contributed by atoms with Gasteiger partial charge in [-0.05, 0) is 97.1 Å². The first-order valence-corrected chi connectivity index (χ1v) is 26.4. The third-order valence-corrected chi connectivity index (χ3v) is 15.0. The summed E-state index contributed by atoms with van der Waals surface area (Å²) in [6.07, 6.45) is 3.50. The molecule has 0 saturated heterocycles. The van der Waals surface area contributed by atoms with E-state index in [9.17, 15) is 25.2 Å². The third kappa shape index (κ3) is 18.3. The first-order valence-electron chi connectivity index (χ1n) is 18.7. The Labute approximate surface area is 408 Å². The van der Waals surface area contributed by atoms with Crippen LogP contribution in [0.3, 0.4) is 0 Å². The Hall–Kier alpha value is -3.65. The molecule has 2 heterocycles. The normalized spacial score (nSPS) is 11.8. The summed E-state index contributed by atoms with van der Waals surface area (Å²) < 4.78 is 68.1. The molecule has 0 saturated carbocycles. The molecule has 8 rings (SSSR count). The molecule has 0 aliphatic rings. The molecule has 0 atom stereocenters. The van der Waals surface area contributed by atoms with E-state index >= 15 is 0 Å². The monoisotopic (exact) mass is 1140 g/mol. The fraction of sp³-hybridized carbons (Fsp3) is 0.0213. The quantitative estimate of drug-likeness (QED) is 0.0625. The van der Waals surface area contributed by atoms with Crippen molar-refractivity contribution in [3.05, 3.63) is 215 Å². The van der Waals surface area contributed by atoms with E-state index in [1.165, 1.54) is 31.8 Å². The zero-order valence-electron chi connectivity index (χ0n) is 33.2. The molecule has 0 bridgehead atoms. The van der Waals surface area contributed by atoms with Gasteiger partial charge >= 0.3 is 50.1 Å². The summed E-state index contributed by atoms with van der Waals surface area (Å²) in [5.74, 6) is 1.85. The SMILES string of the molecule is Brc1ccnc(-c2cc(Br)ccn2)c1.ClCCl.F[P-](F)(F)(F)(F)F.[Cu+].c1ccc([PH+](c2ccccc2)c2ccccc2Oc2ccccc2[PH+](c2ccccc2)c2ccccc2)cc1. The predicted octanol–water partition coefficient (Wildman–Crippen LogP) is 14.9. The molecule has 336 valence electrons. The van der Waals surface area contributed by atoms with Crippen LogP contribution in [0.5, 0.6) is 11.5 Å². The van der Waals surface area contributed by atoms with Crippen LogP contribution in [0.4, 0.5) is 25.2 Å². The van der Waals surface area contributed by atoms with Crippen molar-refractivity contribution < 1.29 is 47.0 Å². The van der Waals surface area contributed by atoms with Gasteiger partial charge in [0, 0.05) is 21.3 Å². The number of halogens is 10. The standard InChI is InChI=1S/C36H28OP2.C10H6Br2N2.CH2Cl2.Cu.F6P/c1-5-17-29(18-6-1)38(30-19-7-2-8-20-30)35-27-15-13-25-33(35)37-34-26-14-16-28-36(34)39(31-21-9-3-10-22-31)32-23-11-4-12-24-32;11-7-1-3-13-9(5-7)10-6-8(12)2-4-14-10;2-1-3;;1-7(2,3,4,5)6/h1-28H;1-6H;1H2;;/q;;;+1;-1/p+2. The van der Waals surface area contributed by atoms with E-state index < -0.39 is 23.7 Å². The molecule has 0 aliphatic carbocycles. The van der Waals surface area contributed by atoms with Gasteiger partial charge in [0.2, 0.25) is 0 Å². The van der Waals surface area contributed by atoms with Gasteiger partial charge < -0.3 is 4.74 Å². The molecule has 0 spiro atoms. The molecule has 2 aromatic heterocycles. The van der Waals surface area contributed by atoms with Crippen molar-refractivity contribution in [1.82, 2.24) is 9.97 Å². The van der Waals surface area contributed by atoms with Crippen LogP contribution < -0.4 is 36.6 Å². The Bertz CT molecular complexity index is 2400. The van der Waals surface area contributed by atoms with Gasteiger partial charge in [0.1, 0.15) is 47.7 Å². The van der Waals surface area contributed by atoms with Crippen LogP contribution in [0.15, 0.2) is 215 Å². The third-order valence-electron chi connectivity index (χ3n) is 8.49. The molecule has 3 nitrogen and oxygen atoms in total. The Morgan fingerprint density at radius 2 is 0.688 bits per heavy atom. The van der Waals surface area contributed by atoms with Gasteiger partial charge in [0.05, 0.1) is 16.7 Å². The van der Waals surface area contributed by atoms with Gasteiger partial charge in [-0.15, -0.1) is 23.2 Å². The van der Waals surface area contributed by atoms with Gasteiger partial charge in [-0.1, -0.05) is 129 Å². The van der Waals surface area contributed by atoms with Crippen LogP contribution in [0, 0.1) is 0 Å². The number of benzene rings is 6. The number of rotatable bonds is 9. The van der Waals surface area contributed by atoms with Crippen LogP contribution >= 0.6 is 78.7 Å². The summed E-state index contributed by atoms with van der Waals surface area (Å²) in [5, 5.41) is 8.08. The van der Waals surface area contributed by atoms with E-state index in [0.29, 0.717) is 0 Å². The van der Waals surface area contributed by atoms with Crippen molar-refractivity contribution in [2.75, 3.05) is 5.34 Å². The second kappa shape index (κ2) is 24.2. The van der Waals surface area contributed by atoms with E-state index in [0.717, 1.165) is 31.8 Å². The summed E-state index contributed by atoms with van der Waals surface area (Å²) in [7, 11) is -13.2. The molecule has 8 aromatic rings. The first kappa shape index (κ1) is 53.0. The second-order valence-electron chi connectivity index (χ2n) is 13.1. The van der Waals surface area contributed by atoms with Crippen LogP contribution in [-0.4, -0.2) is 15.3 Å². The van der Waals surface area contributed by atoms with Crippen molar-refractivity contribution in [2.24, 2.45) is 0 Å². The first-order chi connectivity index (χ1) is 30.0. The minimum Gasteiger partial charge on any atom is -0.449 e. The zero-order chi connectivity index (χ0) is 45.4. The molecular formula is C47H38Br2Cl2CuF6N2OP3+2. The van der Waals surface area contributed by atoms with Crippen molar-refractivity contribution in [2.45, 2.75) is 0 Å². The van der Waals surface area contributed by atoms with Gasteiger partial charge in [0.25, 0.3) is 0 Å². The van der Waals surface area contributed by atoms with E-state index in [1.54, 1.807) is 12.4 Å². The molecule has 17 heteroatoms. The fourth-order valence-corrected chi connectivity index (χ4v) is 12.1. The Kier molecular flexibility index (Phi) is 20.0. The molecule has 0 amide bonds. The molecule has 64 heavy (non-hydrogen) atoms. The van der Waals surface area contributed by atoms with Crippen molar-refractivity contribution in [3.63, 3.8) is 0 Å². The maximum atomic E-state index is 9.87. The zero-order valence-corrected chi connectivity index (χ0v) is 41.7. The summed E-state index contributed by atoms with van der Waals surface area (Å²) in [4.78, 5) is 8.48. The number of hydrogen-bond acceptors (Lipinski definition) is 3. The number of nitrogens with zero attached hydrogens (tertiary/aromatic N) is 2. The fourth-order valence-electron chi connectivity index (χ4n) is 6.11. The van der Waals surface area contributed by atoms with Gasteiger partial charge in [-0.3, -0.25) is 9.97 Å². The van der Waals surface area contributed by atoms with E-state index in [1.807, 2.05) is 24.3 Å². The summed E-state index contributed by atoms with van der Waals surface area (Å²) >= 11 is 16.3. The van der Waals surface area contributed by atoms with E-state index in [4.69, 9.17) is 27.9 Å². The average Bonchev–Trinajstić information content (AvgIpc) is 3.26. The van der Waals surface area contributed by atoms with Gasteiger partial charge in [-0.25, -0.2) is 0 Å². The maximum absolute atomic E-state index is 10.7.